The number of hydrogen-bond donors (Lipinski definition) is 0. The maximum absolute atomic E-state index is 12.7. The third-order valence-electron chi connectivity index (χ3n) is 2.62. The van der Waals surface area contributed by atoms with Crippen molar-refractivity contribution in [3.05, 3.63) is 34.3 Å². The van der Waals surface area contributed by atoms with Gasteiger partial charge in [-0.15, -0.1) is 0 Å². The van der Waals surface area contributed by atoms with Gasteiger partial charge in [-0.05, 0) is 24.5 Å². The summed E-state index contributed by atoms with van der Waals surface area (Å²) in [6, 6.07) is 7.25. The molecule has 1 saturated carbocycles. The highest BCUT2D eigenvalue weighted by molar-refractivity contribution is 9.10. The summed E-state index contributed by atoms with van der Waals surface area (Å²) >= 11 is 3.31. The number of hydrogen-bond acceptors (Lipinski definition) is 0. The Morgan fingerprint density at radius 1 is 1.23 bits per heavy atom. The SMILES string of the molecule is FC(F)C1(c2ccccc2Br)CC1. The van der Waals surface area contributed by atoms with Crippen LogP contribution >= 0.6 is 15.9 Å². The minimum absolute atomic E-state index is 0.604. The van der Waals surface area contributed by atoms with Crippen LogP contribution in [0.15, 0.2) is 28.7 Å². The van der Waals surface area contributed by atoms with E-state index in [4.69, 9.17) is 0 Å². The van der Waals surface area contributed by atoms with Crippen LogP contribution in [0, 0.1) is 0 Å². The maximum atomic E-state index is 12.7. The fraction of sp³-hybridized carbons (Fsp3) is 0.400. The molecule has 13 heavy (non-hydrogen) atoms. The summed E-state index contributed by atoms with van der Waals surface area (Å²) in [5.41, 5.74) is -0.0925. The molecule has 70 valence electrons. The van der Waals surface area contributed by atoms with Gasteiger partial charge in [-0.2, -0.15) is 0 Å². The molecule has 1 aliphatic rings. The molecule has 0 N–H and O–H groups in total. The van der Waals surface area contributed by atoms with E-state index in [0.29, 0.717) is 12.8 Å². The minimum atomic E-state index is -2.24. The first kappa shape index (κ1) is 9.13. The summed E-state index contributed by atoms with van der Waals surface area (Å²) in [5, 5.41) is 0. The van der Waals surface area contributed by atoms with Crippen LogP contribution in [0.25, 0.3) is 0 Å². The van der Waals surface area contributed by atoms with Gasteiger partial charge < -0.3 is 0 Å². The summed E-state index contributed by atoms with van der Waals surface area (Å²) in [5.74, 6) is 0. The zero-order valence-electron chi connectivity index (χ0n) is 6.93. The number of halogens is 3. The Labute approximate surface area is 84.1 Å². The third kappa shape index (κ3) is 1.39. The molecule has 0 amide bonds. The van der Waals surface area contributed by atoms with Crippen molar-refractivity contribution < 1.29 is 8.78 Å². The standard InChI is InChI=1S/C10H9BrF2/c11-8-4-2-1-3-7(8)10(5-6-10)9(12)13/h1-4,9H,5-6H2. The normalized spacial score (nSPS) is 19.1. The molecule has 0 nitrogen and oxygen atoms in total. The molecule has 1 fully saturated rings. The Balaban J connectivity index is 2.41. The molecule has 2 rings (SSSR count). The van der Waals surface area contributed by atoms with E-state index in [-0.39, 0.29) is 0 Å². The van der Waals surface area contributed by atoms with Crippen molar-refractivity contribution in [3.8, 4) is 0 Å². The molecule has 1 aromatic carbocycles. The number of rotatable bonds is 2. The second-order valence-corrected chi connectivity index (χ2v) is 4.29. The van der Waals surface area contributed by atoms with Crippen LogP contribution in [0.1, 0.15) is 18.4 Å². The van der Waals surface area contributed by atoms with Crippen LogP contribution < -0.4 is 0 Å². The van der Waals surface area contributed by atoms with E-state index >= 15 is 0 Å². The minimum Gasteiger partial charge on any atom is -0.210 e. The van der Waals surface area contributed by atoms with Crippen molar-refractivity contribution in [2.45, 2.75) is 24.7 Å². The first-order valence-corrected chi connectivity index (χ1v) is 4.99. The van der Waals surface area contributed by atoms with E-state index in [1.807, 2.05) is 18.2 Å². The average Bonchev–Trinajstić information content (AvgIpc) is 2.85. The fourth-order valence-corrected chi connectivity index (χ4v) is 2.28. The van der Waals surface area contributed by atoms with Gasteiger partial charge in [0.15, 0.2) is 0 Å². The largest absolute Gasteiger partial charge is 0.248 e. The van der Waals surface area contributed by atoms with Crippen LogP contribution in [0.5, 0.6) is 0 Å². The lowest BCUT2D eigenvalue weighted by molar-refractivity contribution is 0.101. The van der Waals surface area contributed by atoms with Crippen molar-refractivity contribution in [1.82, 2.24) is 0 Å². The number of alkyl halides is 2. The van der Waals surface area contributed by atoms with Gasteiger partial charge in [0, 0.05) is 4.47 Å². The van der Waals surface area contributed by atoms with Crippen LogP contribution in [-0.2, 0) is 5.41 Å². The second-order valence-electron chi connectivity index (χ2n) is 3.44. The van der Waals surface area contributed by atoms with E-state index in [0.717, 1.165) is 10.0 Å². The van der Waals surface area contributed by atoms with Gasteiger partial charge in [-0.1, -0.05) is 34.1 Å². The van der Waals surface area contributed by atoms with Gasteiger partial charge in [0.2, 0.25) is 6.43 Å². The van der Waals surface area contributed by atoms with Gasteiger partial charge in [-0.3, -0.25) is 0 Å². The topological polar surface area (TPSA) is 0 Å². The Bertz CT molecular complexity index is 318. The zero-order chi connectivity index (χ0) is 9.47. The fourth-order valence-electron chi connectivity index (χ4n) is 1.60. The quantitative estimate of drug-likeness (QED) is 0.746. The van der Waals surface area contributed by atoms with Gasteiger partial charge in [0.05, 0.1) is 5.41 Å². The molecule has 0 unspecified atom stereocenters. The molecule has 1 aromatic rings. The van der Waals surface area contributed by atoms with E-state index < -0.39 is 11.8 Å². The van der Waals surface area contributed by atoms with Gasteiger partial charge >= 0.3 is 0 Å². The molecule has 0 heterocycles. The molecular weight excluding hydrogens is 238 g/mol. The van der Waals surface area contributed by atoms with Crippen molar-refractivity contribution in [2.24, 2.45) is 0 Å². The highest BCUT2D eigenvalue weighted by Crippen LogP contribution is 2.54. The predicted octanol–water partition coefficient (Wildman–Crippen LogP) is 3.75. The highest BCUT2D eigenvalue weighted by Gasteiger charge is 2.53. The molecule has 0 radical (unpaired) electrons. The van der Waals surface area contributed by atoms with E-state index in [1.165, 1.54) is 0 Å². The first-order valence-electron chi connectivity index (χ1n) is 4.20. The zero-order valence-corrected chi connectivity index (χ0v) is 8.52. The monoisotopic (exact) mass is 246 g/mol. The van der Waals surface area contributed by atoms with Crippen LogP contribution in [0.2, 0.25) is 0 Å². The summed E-state index contributed by atoms with van der Waals surface area (Å²) in [4.78, 5) is 0. The first-order chi connectivity index (χ1) is 6.17. The van der Waals surface area contributed by atoms with Crippen molar-refractivity contribution in [3.63, 3.8) is 0 Å². The Morgan fingerprint density at radius 3 is 2.31 bits per heavy atom. The molecule has 0 aliphatic heterocycles. The molecule has 3 heteroatoms. The van der Waals surface area contributed by atoms with Crippen LogP contribution in [-0.4, -0.2) is 6.43 Å². The summed E-state index contributed by atoms with van der Waals surface area (Å²) in [6.07, 6.45) is -1.04. The van der Waals surface area contributed by atoms with Gasteiger partial charge in [0.1, 0.15) is 0 Å². The lowest BCUT2D eigenvalue weighted by Gasteiger charge is -2.15. The number of benzene rings is 1. The Hall–Kier alpha value is -0.440. The van der Waals surface area contributed by atoms with E-state index in [1.54, 1.807) is 6.07 Å². The molecule has 0 atom stereocenters. The Morgan fingerprint density at radius 2 is 1.85 bits per heavy atom. The smallest absolute Gasteiger partial charge is 0.210 e. The van der Waals surface area contributed by atoms with Crippen molar-refractivity contribution >= 4 is 15.9 Å². The summed E-state index contributed by atoms with van der Waals surface area (Å²) in [6.45, 7) is 0. The molecular formula is C10H9BrF2. The van der Waals surface area contributed by atoms with Crippen LogP contribution in [0.4, 0.5) is 8.78 Å². The summed E-state index contributed by atoms with van der Waals surface area (Å²) < 4.78 is 26.2. The van der Waals surface area contributed by atoms with E-state index in [2.05, 4.69) is 15.9 Å². The Kier molecular flexibility index (Phi) is 2.14. The lowest BCUT2D eigenvalue weighted by atomic mass is 9.97. The average molecular weight is 247 g/mol. The molecule has 0 aromatic heterocycles. The van der Waals surface area contributed by atoms with Crippen LogP contribution in [0.3, 0.4) is 0 Å². The predicted molar refractivity (Wildman–Crippen MR) is 51.1 cm³/mol. The highest BCUT2D eigenvalue weighted by atomic mass is 79.9. The van der Waals surface area contributed by atoms with Crippen molar-refractivity contribution in [1.29, 1.82) is 0 Å². The maximum Gasteiger partial charge on any atom is 0.248 e. The van der Waals surface area contributed by atoms with Gasteiger partial charge in [-0.25, -0.2) is 8.78 Å². The van der Waals surface area contributed by atoms with Crippen molar-refractivity contribution in [2.75, 3.05) is 0 Å². The molecule has 1 aliphatic carbocycles. The molecule has 0 saturated heterocycles. The van der Waals surface area contributed by atoms with E-state index in [9.17, 15) is 8.78 Å². The molecule has 0 bridgehead atoms. The second kappa shape index (κ2) is 3.05. The third-order valence-corrected chi connectivity index (χ3v) is 3.31. The summed E-state index contributed by atoms with van der Waals surface area (Å²) in [7, 11) is 0. The van der Waals surface area contributed by atoms with Gasteiger partial charge in [0.25, 0.3) is 0 Å². The molecule has 0 spiro atoms. The lowest BCUT2D eigenvalue weighted by Crippen LogP contribution is -2.17.